The van der Waals surface area contributed by atoms with Crippen LogP contribution >= 0.6 is 0 Å². The van der Waals surface area contributed by atoms with Gasteiger partial charge in [0.2, 0.25) is 0 Å². The molecule has 0 aromatic heterocycles. The SMILES string of the molecule is [2H]C([2H])([2H])C([2H])([2H])[C@H](C)C(=O)O[C@H]1C[C@@H](C)C=C2C=C[C@H](C)[C@H](CCC3C[C@@H](O)CC(=O)O3)[C@H]21. The van der Waals surface area contributed by atoms with Crippen molar-refractivity contribution < 1.29 is 31.0 Å². The number of allylic oxidation sites excluding steroid dienone is 3. The van der Waals surface area contributed by atoms with Crippen molar-refractivity contribution in [3.63, 3.8) is 0 Å². The van der Waals surface area contributed by atoms with Crippen molar-refractivity contribution in [1.29, 1.82) is 0 Å². The molecule has 8 atom stereocenters. The molecule has 5 heteroatoms. The minimum atomic E-state index is -2.94. The third-order valence-electron chi connectivity index (χ3n) is 6.49. The highest BCUT2D eigenvalue weighted by molar-refractivity contribution is 5.72. The second-order valence-electron chi connectivity index (χ2n) is 8.91. The maximum atomic E-state index is 12.9. The van der Waals surface area contributed by atoms with Crippen molar-refractivity contribution in [3.05, 3.63) is 23.8 Å². The zero-order valence-electron chi connectivity index (χ0n) is 22.5. The van der Waals surface area contributed by atoms with E-state index >= 15 is 0 Å². The summed E-state index contributed by atoms with van der Waals surface area (Å²) in [6, 6.07) is 0. The topological polar surface area (TPSA) is 72.8 Å². The first kappa shape index (κ1) is 16.1. The van der Waals surface area contributed by atoms with Gasteiger partial charge in [0.25, 0.3) is 0 Å². The number of aliphatic hydroxyl groups is 1. The highest BCUT2D eigenvalue weighted by atomic mass is 16.5. The van der Waals surface area contributed by atoms with E-state index in [1.54, 1.807) is 0 Å². The normalized spacial score (nSPS) is 41.4. The number of fused-ring (bicyclic) bond motifs is 1. The lowest BCUT2D eigenvalue weighted by molar-refractivity contribution is -0.162. The van der Waals surface area contributed by atoms with Gasteiger partial charge >= 0.3 is 11.9 Å². The van der Waals surface area contributed by atoms with Crippen LogP contribution in [-0.4, -0.2) is 35.4 Å². The van der Waals surface area contributed by atoms with Crippen LogP contribution < -0.4 is 0 Å². The van der Waals surface area contributed by atoms with Crippen LogP contribution in [0.5, 0.6) is 0 Å². The molecule has 1 unspecified atom stereocenters. The molecular weight excluding hydrogens is 368 g/mol. The van der Waals surface area contributed by atoms with E-state index in [1.807, 2.05) is 6.92 Å². The second-order valence-corrected chi connectivity index (χ2v) is 8.91. The molecule has 3 rings (SSSR count). The molecule has 2 aliphatic carbocycles. The molecule has 1 N–H and O–H groups in total. The van der Waals surface area contributed by atoms with E-state index in [4.69, 9.17) is 16.3 Å². The lowest BCUT2D eigenvalue weighted by Gasteiger charge is -2.43. The molecule has 162 valence electrons. The zero-order chi connectivity index (χ0) is 25.4. The van der Waals surface area contributed by atoms with Gasteiger partial charge in [-0.1, -0.05) is 45.9 Å². The lowest BCUT2D eigenvalue weighted by Crippen LogP contribution is -2.42. The number of hydrogen-bond acceptors (Lipinski definition) is 5. The fraction of sp³-hybridized carbons (Fsp3) is 0.750. The molecule has 0 radical (unpaired) electrons. The molecule has 0 aromatic rings. The van der Waals surface area contributed by atoms with E-state index in [2.05, 4.69) is 25.2 Å². The summed E-state index contributed by atoms with van der Waals surface area (Å²) in [5.41, 5.74) is 1.06. The Morgan fingerprint density at radius 3 is 2.93 bits per heavy atom. The van der Waals surface area contributed by atoms with Gasteiger partial charge in [-0.05, 0) is 49.0 Å². The third-order valence-corrected chi connectivity index (χ3v) is 6.49. The van der Waals surface area contributed by atoms with E-state index < -0.39 is 43.3 Å². The fourth-order valence-electron chi connectivity index (χ4n) is 4.95. The first-order valence-electron chi connectivity index (χ1n) is 13.2. The molecule has 3 aliphatic rings. The zero-order valence-corrected chi connectivity index (χ0v) is 17.5. The standard InChI is InChI=1S/C24H36O5/c1-5-15(3)24(27)29-21-11-14(2)10-17-7-6-16(4)20(23(17)21)9-8-19-12-18(25)13-22(26)28-19/h6-7,10,14-16,18-21,23,25H,5,8-9,11-13H2,1-4H3/t14-,15-,16-,18+,19?,20-,21-,23-/m0/s1/i1D3,5D2. The van der Waals surface area contributed by atoms with E-state index in [0.29, 0.717) is 25.7 Å². The van der Waals surface area contributed by atoms with Crippen molar-refractivity contribution in [2.45, 2.75) is 84.4 Å². The Morgan fingerprint density at radius 1 is 1.41 bits per heavy atom. The number of cyclic esters (lactones) is 1. The number of esters is 2. The van der Waals surface area contributed by atoms with Crippen molar-refractivity contribution in [3.8, 4) is 0 Å². The number of rotatable bonds is 6. The first-order valence-corrected chi connectivity index (χ1v) is 10.7. The van der Waals surface area contributed by atoms with Crippen LogP contribution in [0, 0.1) is 29.6 Å². The summed E-state index contributed by atoms with van der Waals surface area (Å²) in [5.74, 6) is -2.38. The largest absolute Gasteiger partial charge is 0.462 e. The fourth-order valence-corrected chi connectivity index (χ4v) is 4.95. The van der Waals surface area contributed by atoms with E-state index in [0.717, 1.165) is 5.57 Å². The van der Waals surface area contributed by atoms with Crippen LogP contribution in [0.15, 0.2) is 23.8 Å². The number of carbonyl (C=O) groups excluding carboxylic acids is 2. The number of ether oxygens (including phenoxy) is 2. The van der Waals surface area contributed by atoms with Crippen LogP contribution in [-0.2, 0) is 19.1 Å². The van der Waals surface area contributed by atoms with Gasteiger partial charge in [-0.15, -0.1) is 0 Å². The predicted octanol–water partition coefficient (Wildman–Crippen LogP) is 4.20. The van der Waals surface area contributed by atoms with Crippen LogP contribution in [0.25, 0.3) is 0 Å². The Balaban J connectivity index is 1.77. The van der Waals surface area contributed by atoms with Crippen molar-refractivity contribution in [1.82, 2.24) is 0 Å². The van der Waals surface area contributed by atoms with Gasteiger partial charge in [0.1, 0.15) is 12.2 Å². The van der Waals surface area contributed by atoms with Gasteiger partial charge in [0, 0.05) is 19.2 Å². The Kier molecular flexibility index (Phi) is 5.26. The minimum absolute atomic E-state index is 0.0203. The third kappa shape index (κ3) is 5.30. The van der Waals surface area contributed by atoms with Gasteiger partial charge in [-0.25, -0.2) is 0 Å². The molecule has 0 aromatic carbocycles. The van der Waals surface area contributed by atoms with E-state index in [-0.39, 0.29) is 36.2 Å². The summed E-state index contributed by atoms with van der Waals surface area (Å²) >= 11 is 0. The first-order chi connectivity index (χ1) is 15.7. The summed E-state index contributed by atoms with van der Waals surface area (Å²) in [4.78, 5) is 24.6. The molecule has 0 saturated carbocycles. The van der Waals surface area contributed by atoms with Crippen molar-refractivity contribution in [2.75, 3.05) is 0 Å². The molecule has 29 heavy (non-hydrogen) atoms. The van der Waals surface area contributed by atoms with Crippen LogP contribution in [0.4, 0.5) is 0 Å². The Morgan fingerprint density at radius 2 is 2.21 bits per heavy atom. The Labute approximate surface area is 181 Å². The lowest BCUT2D eigenvalue weighted by atomic mass is 9.65. The molecule has 5 nitrogen and oxygen atoms in total. The van der Waals surface area contributed by atoms with Gasteiger partial charge in [0.15, 0.2) is 0 Å². The number of hydrogen-bond donors (Lipinski definition) is 1. The van der Waals surface area contributed by atoms with E-state index in [9.17, 15) is 14.7 Å². The van der Waals surface area contributed by atoms with Crippen LogP contribution in [0.2, 0.25) is 0 Å². The quantitative estimate of drug-likeness (QED) is 0.666. The summed E-state index contributed by atoms with van der Waals surface area (Å²) in [6.45, 7) is 2.44. The van der Waals surface area contributed by atoms with Gasteiger partial charge in [0.05, 0.1) is 18.4 Å². The molecule has 1 aliphatic heterocycles. The molecular formula is C24H36O5. The highest BCUT2D eigenvalue weighted by Gasteiger charge is 2.42. The Hall–Kier alpha value is -1.62. The maximum absolute atomic E-state index is 12.9. The summed E-state index contributed by atoms with van der Waals surface area (Å²) in [6.07, 6.45) is 4.38. The summed E-state index contributed by atoms with van der Waals surface area (Å²) in [7, 11) is 0. The average Bonchev–Trinajstić information content (AvgIpc) is 2.71. The van der Waals surface area contributed by atoms with Gasteiger partial charge in [-0.3, -0.25) is 9.59 Å². The average molecular weight is 410 g/mol. The van der Waals surface area contributed by atoms with Gasteiger partial charge < -0.3 is 14.6 Å². The summed E-state index contributed by atoms with van der Waals surface area (Å²) in [5, 5.41) is 9.92. The molecule has 1 fully saturated rings. The predicted molar refractivity (Wildman–Crippen MR) is 111 cm³/mol. The molecule has 0 bridgehead atoms. The van der Waals surface area contributed by atoms with Crippen molar-refractivity contribution in [2.24, 2.45) is 29.6 Å². The van der Waals surface area contributed by atoms with Gasteiger partial charge in [-0.2, -0.15) is 0 Å². The summed E-state index contributed by atoms with van der Waals surface area (Å²) < 4.78 is 49.6. The van der Waals surface area contributed by atoms with Crippen LogP contribution in [0.3, 0.4) is 0 Å². The van der Waals surface area contributed by atoms with Crippen LogP contribution in [0.1, 0.15) is 73.0 Å². The number of carbonyl (C=O) groups is 2. The second kappa shape index (κ2) is 9.46. The highest BCUT2D eigenvalue weighted by Crippen LogP contribution is 2.45. The molecule has 1 saturated heterocycles. The molecule has 0 amide bonds. The van der Waals surface area contributed by atoms with Crippen molar-refractivity contribution >= 4 is 11.9 Å². The van der Waals surface area contributed by atoms with E-state index in [1.165, 1.54) is 6.92 Å². The monoisotopic (exact) mass is 409 g/mol. The minimum Gasteiger partial charge on any atom is -0.462 e. The molecule has 1 heterocycles. The maximum Gasteiger partial charge on any atom is 0.308 e. The smallest absolute Gasteiger partial charge is 0.308 e. The Bertz CT molecular complexity index is 836. The number of aliphatic hydroxyl groups excluding tert-OH is 1. The molecule has 0 spiro atoms.